The summed E-state index contributed by atoms with van der Waals surface area (Å²) >= 11 is 0. The zero-order valence-corrected chi connectivity index (χ0v) is 12.7. The Morgan fingerprint density at radius 3 is 2.20 bits per heavy atom. The number of phenols is 1. The molecule has 0 saturated carbocycles. The smallest absolute Gasteiger partial charge is 0.327 e. The lowest BCUT2D eigenvalue weighted by Gasteiger charge is -2.33. The van der Waals surface area contributed by atoms with Crippen LogP contribution in [0.2, 0.25) is 0 Å². The van der Waals surface area contributed by atoms with Crippen LogP contribution in [0.25, 0.3) is 0 Å². The molecule has 114 valence electrons. The second-order valence-electron chi connectivity index (χ2n) is 4.58. The second-order valence-corrected chi connectivity index (χ2v) is 4.58. The van der Waals surface area contributed by atoms with Gasteiger partial charge in [-0.1, -0.05) is 31.9 Å². The summed E-state index contributed by atoms with van der Waals surface area (Å²) in [4.78, 5) is 0. The highest BCUT2D eigenvalue weighted by molar-refractivity contribution is 5.38. The van der Waals surface area contributed by atoms with Crippen LogP contribution in [0.15, 0.2) is 24.3 Å². The minimum absolute atomic E-state index is 0.0896. The Morgan fingerprint density at radius 1 is 1.00 bits per heavy atom. The number of benzene rings is 1. The molecule has 4 heteroatoms. The summed E-state index contributed by atoms with van der Waals surface area (Å²) < 4.78 is 17.3. The molecule has 4 nitrogen and oxygen atoms in total. The van der Waals surface area contributed by atoms with Crippen molar-refractivity contribution in [2.24, 2.45) is 0 Å². The normalized spacial score (nSPS) is 11.6. The molecule has 0 amide bonds. The summed E-state index contributed by atoms with van der Waals surface area (Å²) in [5, 5.41) is 9.85. The predicted molar refractivity (Wildman–Crippen MR) is 78.9 cm³/mol. The molecule has 0 heterocycles. The molecule has 0 fully saturated rings. The summed E-state index contributed by atoms with van der Waals surface area (Å²) in [5.74, 6) is -0.644. The van der Waals surface area contributed by atoms with E-state index in [2.05, 4.69) is 6.92 Å². The standard InChI is InChI=1S/C16H26O4/c1-4-7-10-13-16(18-5-2,19-6-3)20-15-12-9-8-11-14(15)17/h8-9,11-12,17H,4-7,10,13H2,1-3H3. The van der Waals surface area contributed by atoms with Crippen LogP contribution in [-0.2, 0) is 9.47 Å². The van der Waals surface area contributed by atoms with Crippen LogP contribution in [0.1, 0.15) is 46.5 Å². The molecule has 1 aromatic carbocycles. The second kappa shape index (κ2) is 8.82. The van der Waals surface area contributed by atoms with Crippen molar-refractivity contribution in [1.82, 2.24) is 0 Å². The molecule has 0 radical (unpaired) electrons. The van der Waals surface area contributed by atoms with Gasteiger partial charge in [0.2, 0.25) is 0 Å². The molecule has 0 aliphatic carbocycles. The van der Waals surface area contributed by atoms with Crippen molar-refractivity contribution in [3.8, 4) is 11.5 Å². The quantitative estimate of drug-likeness (QED) is 0.519. The monoisotopic (exact) mass is 282 g/mol. The Kier molecular flexibility index (Phi) is 7.41. The van der Waals surface area contributed by atoms with Crippen LogP contribution in [0.5, 0.6) is 11.5 Å². The number of phenolic OH excluding ortho intramolecular Hbond substituents is 1. The number of hydrogen-bond acceptors (Lipinski definition) is 4. The third-order valence-electron chi connectivity index (χ3n) is 2.95. The van der Waals surface area contributed by atoms with E-state index in [1.807, 2.05) is 19.9 Å². The summed E-state index contributed by atoms with van der Waals surface area (Å²) in [5.41, 5.74) is 0. The maximum Gasteiger partial charge on any atom is 0.327 e. The first kappa shape index (κ1) is 16.8. The van der Waals surface area contributed by atoms with Crippen LogP contribution < -0.4 is 4.74 Å². The van der Waals surface area contributed by atoms with Gasteiger partial charge >= 0.3 is 5.97 Å². The van der Waals surface area contributed by atoms with E-state index >= 15 is 0 Å². The summed E-state index contributed by atoms with van der Waals surface area (Å²) in [7, 11) is 0. The molecule has 0 aliphatic heterocycles. The van der Waals surface area contributed by atoms with E-state index < -0.39 is 5.97 Å². The van der Waals surface area contributed by atoms with Gasteiger partial charge in [0, 0.05) is 6.42 Å². The van der Waals surface area contributed by atoms with Crippen LogP contribution in [0.4, 0.5) is 0 Å². The fraction of sp³-hybridized carbons (Fsp3) is 0.625. The minimum atomic E-state index is -1.11. The van der Waals surface area contributed by atoms with E-state index in [9.17, 15) is 5.11 Å². The number of para-hydroxylation sites is 2. The summed E-state index contributed by atoms with van der Waals surface area (Å²) in [6, 6.07) is 6.86. The van der Waals surface area contributed by atoms with E-state index in [-0.39, 0.29) is 5.75 Å². The third kappa shape index (κ3) is 5.02. The molecule has 0 aliphatic rings. The lowest BCUT2D eigenvalue weighted by atomic mass is 10.2. The number of ether oxygens (including phenoxy) is 3. The molecule has 1 aromatic rings. The molecule has 20 heavy (non-hydrogen) atoms. The molecular formula is C16H26O4. The topological polar surface area (TPSA) is 47.9 Å². The fourth-order valence-electron chi connectivity index (χ4n) is 2.04. The third-order valence-corrected chi connectivity index (χ3v) is 2.95. The molecule has 1 rings (SSSR count). The van der Waals surface area contributed by atoms with Gasteiger partial charge in [-0.15, -0.1) is 0 Å². The Bertz CT molecular complexity index is 372. The maximum atomic E-state index is 9.85. The largest absolute Gasteiger partial charge is 0.504 e. The van der Waals surface area contributed by atoms with Crippen LogP contribution >= 0.6 is 0 Å². The Labute approximate surface area is 121 Å². The Morgan fingerprint density at radius 2 is 1.65 bits per heavy atom. The highest BCUT2D eigenvalue weighted by Gasteiger charge is 2.34. The SMILES string of the molecule is CCCCCC(OCC)(OCC)Oc1ccccc1O. The highest BCUT2D eigenvalue weighted by Crippen LogP contribution is 2.32. The fourth-order valence-corrected chi connectivity index (χ4v) is 2.04. The van der Waals surface area contributed by atoms with Gasteiger partial charge in [0.15, 0.2) is 11.5 Å². The van der Waals surface area contributed by atoms with E-state index in [0.29, 0.717) is 25.4 Å². The molecule has 0 atom stereocenters. The molecular weight excluding hydrogens is 256 g/mol. The molecule has 1 N–H and O–H groups in total. The van der Waals surface area contributed by atoms with Crippen molar-refractivity contribution in [3.63, 3.8) is 0 Å². The van der Waals surface area contributed by atoms with E-state index in [4.69, 9.17) is 14.2 Å². The molecule has 0 aromatic heterocycles. The molecule has 0 spiro atoms. The van der Waals surface area contributed by atoms with Crippen molar-refractivity contribution in [3.05, 3.63) is 24.3 Å². The summed E-state index contributed by atoms with van der Waals surface area (Å²) in [6.45, 7) is 6.93. The van der Waals surface area contributed by atoms with Crippen LogP contribution in [0.3, 0.4) is 0 Å². The van der Waals surface area contributed by atoms with Gasteiger partial charge in [-0.2, -0.15) is 0 Å². The summed E-state index contributed by atoms with van der Waals surface area (Å²) in [6.07, 6.45) is 3.79. The number of hydrogen-bond donors (Lipinski definition) is 1. The number of rotatable bonds is 10. The van der Waals surface area contributed by atoms with Gasteiger partial charge in [-0.3, -0.25) is 0 Å². The van der Waals surface area contributed by atoms with Crippen molar-refractivity contribution in [2.75, 3.05) is 13.2 Å². The molecule has 0 bridgehead atoms. The van der Waals surface area contributed by atoms with Crippen molar-refractivity contribution in [2.45, 2.75) is 52.4 Å². The average Bonchev–Trinajstić information content (AvgIpc) is 2.42. The van der Waals surface area contributed by atoms with Crippen molar-refractivity contribution >= 4 is 0 Å². The average molecular weight is 282 g/mol. The Balaban J connectivity index is 2.86. The van der Waals surface area contributed by atoms with Crippen LogP contribution in [0, 0.1) is 0 Å². The van der Waals surface area contributed by atoms with Crippen LogP contribution in [-0.4, -0.2) is 24.3 Å². The predicted octanol–water partition coefficient (Wildman–Crippen LogP) is 4.08. The van der Waals surface area contributed by atoms with Gasteiger partial charge in [-0.25, -0.2) is 0 Å². The zero-order chi connectivity index (χ0) is 14.8. The number of aromatic hydroxyl groups is 1. The van der Waals surface area contributed by atoms with Gasteiger partial charge in [0.05, 0.1) is 13.2 Å². The zero-order valence-electron chi connectivity index (χ0n) is 12.7. The van der Waals surface area contributed by atoms with Crippen molar-refractivity contribution < 1.29 is 19.3 Å². The minimum Gasteiger partial charge on any atom is -0.504 e. The molecule has 0 saturated heterocycles. The van der Waals surface area contributed by atoms with Gasteiger partial charge in [0.25, 0.3) is 0 Å². The first-order valence-corrected chi connectivity index (χ1v) is 7.42. The lowest BCUT2D eigenvalue weighted by molar-refractivity contribution is -0.344. The van der Waals surface area contributed by atoms with E-state index in [0.717, 1.165) is 19.3 Å². The van der Waals surface area contributed by atoms with Gasteiger partial charge in [0.1, 0.15) is 0 Å². The Hall–Kier alpha value is -1.26. The van der Waals surface area contributed by atoms with E-state index in [1.54, 1.807) is 18.2 Å². The maximum absolute atomic E-state index is 9.85. The van der Waals surface area contributed by atoms with Gasteiger partial charge in [-0.05, 0) is 32.4 Å². The molecule has 0 unspecified atom stereocenters. The van der Waals surface area contributed by atoms with Gasteiger partial charge < -0.3 is 19.3 Å². The number of unbranched alkanes of at least 4 members (excludes halogenated alkanes) is 2. The highest BCUT2D eigenvalue weighted by atomic mass is 16.9. The first-order valence-electron chi connectivity index (χ1n) is 7.42. The first-order chi connectivity index (χ1) is 9.67. The lowest BCUT2D eigenvalue weighted by Crippen LogP contribution is -2.42. The van der Waals surface area contributed by atoms with Crippen molar-refractivity contribution in [1.29, 1.82) is 0 Å². The van der Waals surface area contributed by atoms with E-state index in [1.165, 1.54) is 0 Å².